The van der Waals surface area contributed by atoms with Gasteiger partial charge in [0.25, 0.3) is 0 Å². The fourth-order valence-corrected chi connectivity index (χ4v) is 16.3. The van der Waals surface area contributed by atoms with Crippen molar-refractivity contribution in [3.8, 4) is 0 Å². The maximum Gasteiger partial charge on any atom is 0.335 e. The number of ether oxygens (including phenoxy) is 7. The Morgan fingerprint density at radius 2 is 1.26 bits per heavy atom. The second-order valence-electron chi connectivity index (χ2n) is 23.2. The van der Waals surface area contributed by atoms with Crippen LogP contribution in [0, 0.1) is 56.7 Å². The van der Waals surface area contributed by atoms with Gasteiger partial charge >= 0.3 is 11.9 Å². The lowest BCUT2D eigenvalue weighted by Gasteiger charge is -2.73. The summed E-state index contributed by atoms with van der Waals surface area (Å²) in [6.45, 7) is 21.2. The van der Waals surface area contributed by atoms with Crippen LogP contribution in [-0.2, 0) is 42.7 Å². The molecule has 0 aromatic heterocycles. The van der Waals surface area contributed by atoms with E-state index < -0.39 is 115 Å². The zero-order valence-electron chi connectivity index (χ0n) is 39.0. The van der Waals surface area contributed by atoms with Crippen LogP contribution < -0.4 is 0 Å². The van der Waals surface area contributed by atoms with Crippen molar-refractivity contribution < 1.29 is 83.6 Å². The highest BCUT2D eigenvalue weighted by atomic mass is 16.8. The molecule has 17 heteroatoms. The first kappa shape index (κ1) is 48.2. The van der Waals surface area contributed by atoms with Gasteiger partial charge in [0, 0.05) is 12.3 Å². The Morgan fingerprint density at radius 1 is 0.662 bits per heavy atom. The molecule has 5 aliphatic carbocycles. The van der Waals surface area contributed by atoms with Gasteiger partial charge in [-0.3, -0.25) is 4.79 Å². The zero-order valence-corrected chi connectivity index (χ0v) is 39.0. The quantitative estimate of drug-likeness (QED) is 0.0986. The molecule has 9 rings (SSSR count). The third-order valence-corrected chi connectivity index (χ3v) is 19.9. The van der Waals surface area contributed by atoms with Crippen molar-refractivity contribution in [1.29, 1.82) is 0 Å². The van der Waals surface area contributed by atoms with Gasteiger partial charge in [0.05, 0.1) is 23.7 Å². The molecular weight excluding hydrogens is 849 g/mol. The Kier molecular flexibility index (Phi) is 12.1. The first-order valence-corrected chi connectivity index (χ1v) is 24.1. The number of carboxylic acids is 1. The number of aliphatic hydroxyl groups is 7. The third kappa shape index (κ3) is 6.93. The minimum atomic E-state index is -2.00. The predicted molar refractivity (Wildman–Crippen MR) is 226 cm³/mol. The Morgan fingerprint density at radius 3 is 1.85 bits per heavy atom. The molecule has 17 nitrogen and oxygen atoms in total. The van der Waals surface area contributed by atoms with Crippen LogP contribution in [0.3, 0.4) is 0 Å². The van der Waals surface area contributed by atoms with Gasteiger partial charge < -0.3 is 74.0 Å². The van der Waals surface area contributed by atoms with Crippen LogP contribution in [0.5, 0.6) is 0 Å². The number of aliphatic carboxylic acids is 1. The minimum Gasteiger partial charge on any atom is -0.479 e. The van der Waals surface area contributed by atoms with Crippen LogP contribution in [0.2, 0.25) is 0 Å². The molecule has 368 valence electrons. The Bertz CT molecular complexity index is 1860. The number of hydrogen-bond donors (Lipinski definition) is 8. The van der Waals surface area contributed by atoms with E-state index in [-0.39, 0.29) is 46.1 Å². The molecule has 4 saturated heterocycles. The molecule has 4 heterocycles. The SMILES string of the molecule is C=C(C)[C@H]1[C@@H]2[C@H]3CC[C@@H]4[C@@]5(C)CC[C@H](O[C@@H]6O[C@H](C(=O)O)[C@@H](O)[C@H](O[C@@H]7O[C@@H](C)[C@H](O)[C@@H](O)[C@H]7O)[C@H]6O[C@@H]6O[C@@H](C)[C@H](O)[C@@H](O)[C@H]6O)C(C)(C)[C@@H]5CC[C@@]4(C)[C@]3(C)CC[C@@]23C[C@@H]1OC3=O. The predicted octanol–water partition coefficient (Wildman–Crippen LogP) is 2.16. The number of hydrogen-bond acceptors (Lipinski definition) is 16. The number of carbonyl (C=O) groups excluding carboxylic acids is 1. The fraction of sp³-hybridized carbons (Fsp3) is 0.917. The number of carboxylic acid groups (broad SMARTS) is 1. The molecule has 0 aromatic rings. The summed E-state index contributed by atoms with van der Waals surface area (Å²) in [5.41, 5.74) is 0.0248. The molecule has 26 atom stereocenters. The molecule has 1 spiro atoms. The smallest absolute Gasteiger partial charge is 0.335 e. The first-order valence-electron chi connectivity index (χ1n) is 24.1. The summed E-state index contributed by atoms with van der Waals surface area (Å²) >= 11 is 0. The van der Waals surface area contributed by atoms with Crippen LogP contribution in [0.25, 0.3) is 0 Å². The highest BCUT2D eigenvalue weighted by molar-refractivity contribution is 5.81. The summed E-state index contributed by atoms with van der Waals surface area (Å²) in [5, 5.41) is 86.4. The van der Waals surface area contributed by atoms with Gasteiger partial charge in [-0.25, -0.2) is 4.79 Å². The molecule has 0 unspecified atom stereocenters. The summed E-state index contributed by atoms with van der Waals surface area (Å²) in [6.07, 6.45) is -17.1. The van der Waals surface area contributed by atoms with E-state index in [1.807, 2.05) is 0 Å². The van der Waals surface area contributed by atoms with E-state index in [9.17, 15) is 50.4 Å². The van der Waals surface area contributed by atoms with E-state index >= 15 is 0 Å². The molecule has 9 aliphatic rings. The number of fused-ring (bicyclic) bond motifs is 7. The number of carbonyl (C=O) groups is 2. The average Bonchev–Trinajstić information content (AvgIpc) is 3.75. The number of aliphatic hydroxyl groups excluding tert-OH is 7. The Labute approximate surface area is 381 Å². The van der Waals surface area contributed by atoms with Crippen molar-refractivity contribution in [2.24, 2.45) is 56.7 Å². The maximum absolute atomic E-state index is 13.6. The number of esters is 1. The Hall–Kier alpha value is -1.84. The van der Waals surface area contributed by atoms with Gasteiger partial charge in [0.1, 0.15) is 61.0 Å². The molecular formula is C48H74O17. The molecule has 0 radical (unpaired) electrons. The van der Waals surface area contributed by atoms with Gasteiger partial charge in [-0.15, -0.1) is 0 Å². The largest absolute Gasteiger partial charge is 0.479 e. The molecule has 8 N–H and O–H groups in total. The lowest BCUT2D eigenvalue weighted by atomic mass is 9.32. The highest BCUT2D eigenvalue weighted by Gasteiger charge is 2.76. The van der Waals surface area contributed by atoms with Crippen molar-refractivity contribution >= 4 is 11.9 Å². The van der Waals surface area contributed by atoms with E-state index in [1.165, 1.54) is 13.8 Å². The van der Waals surface area contributed by atoms with Crippen molar-refractivity contribution in [2.75, 3.05) is 0 Å². The fourth-order valence-electron chi connectivity index (χ4n) is 16.3. The molecule has 65 heavy (non-hydrogen) atoms. The van der Waals surface area contributed by atoms with Gasteiger partial charge in [0.2, 0.25) is 0 Å². The van der Waals surface area contributed by atoms with Gasteiger partial charge in [-0.1, -0.05) is 46.8 Å². The van der Waals surface area contributed by atoms with E-state index in [1.54, 1.807) is 0 Å². The van der Waals surface area contributed by atoms with Crippen LogP contribution in [0.4, 0.5) is 0 Å². The highest BCUT2D eigenvalue weighted by Crippen LogP contribution is 2.78. The van der Waals surface area contributed by atoms with Crippen molar-refractivity contribution in [3.05, 3.63) is 12.2 Å². The van der Waals surface area contributed by atoms with Gasteiger partial charge in [-0.2, -0.15) is 0 Å². The standard InChI is InChI=1S/C48H74O17/c1-19(2)27-23-18-48(43(58)61-23)17-16-46(8)22(28(27)48)10-11-25-45(7)14-13-26(44(5,6)24(45)12-15-47(25,46)9)62-42-38(65-41-34(54)32(52)30(50)21(4)60-41)36(35(55)37(64-42)39(56)57)63-40-33(53)31(51)29(49)20(3)59-40/h20-38,40-42,49-55H,1,10-18H2,2-9H3,(H,56,57)/t20-,21-,22+,23-,24-,25+,26-,27+,28-,29-,30-,31+,32+,33+,34+,35-,36-,37-,38+,40-,41-,42+,45-,46+,47+,48+/m0/s1. The molecule has 2 bridgehead atoms. The van der Waals surface area contributed by atoms with Gasteiger partial charge in [0.15, 0.2) is 25.0 Å². The normalized spacial score (nSPS) is 57.0. The van der Waals surface area contributed by atoms with Crippen molar-refractivity contribution in [2.45, 2.75) is 218 Å². The molecule has 0 aromatic carbocycles. The van der Waals surface area contributed by atoms with E-state index in [2.05, 4.69) is 48.1 Å². The molecule has 0 amide bonds. The summed E-state index contributed by atoms with van der Waals surface area (Å²) in [7, 11) is 0. The van der Waals surface area contributed by atoms with Crippen LogP contribution in [-0.4, -0.2) is 157 Å². The molecule has 9 fully saturated rings. The van der Waals surface area contributed by atoms with Crippen LogP contribution in [0.1, 0.15) is 113 Å². The second-order valence-corrected chi connectivity index (χ2v) is 23.2. The molecule has 5 saturated carbocycles. The Balaban J connectivity index is 1.01. The van der Waals surface area contributed by atoms with E-state index in [4.69, 9.17) is 33.2 Å². The van der Waals surface area contributed by atoms with Crippen molar-refractivity contribution in [1.82, 2.24) is 0 Å². The molecule has 4 aliphatic heterocycles. The number of rotatable bonds is 8. The summed E-state index contributed by atoms with van der Waals surface area (Å²) in [4.78, 5) is 26.4. The van der Waals surface area contributed by atoms with Crippen LogP contribution in [0.15, 0.2) is 12.2 Å². The maximum atomic E-state index is 13.6. The van der Waals surface area contributed by atoms with Crippen molar-refractivity contribution in [3.63, 3.8) is 0 Å². The first-order chi connectivity index (χ1) is 30.3. The zero-order chi connectivity index (χ0) is 47.2. The second kappa shape index (κ2) is 16.4. The minimum absolute atomic E-state index is 0.00624. The monoisotopic (exact) mass is 922 g/mol. The van der Waals surface area contributed by atoms with Gasteiger partial charge in [-0.05, 0) is 117 Å². The lowest BCUT2D eigenvalue weighted by molar-refractivity contribution is -0.394. The average molecular weight is 923 g/mol. The summed E-state index contributed by atoms with van der Waals surface area (Å²) < 4.78 is 43.0. The van der Waals surface area contributed by atoms with E-state index in [0.717, 1.165) is 56.9 Å². The van der Waals surface area contributed by atoms with Crippen LogP contribution >= 0.6 is 0 Å². The summed E-state index contributed by atoms with van der Waals surface area (Å²) in [6, 6.07) is 0. The van der Waals surface area contributed by atoms with E-state index in [0.29, 0.717) is 18.3 Å². The third-order valence-electron chi connectivity index (χ3n) is 19.9. The topological polar surface area (TPSA) is 261 Å². The summed E-state index contributed by atoms with van der Waals surface area (Å²) in [5.74, 6) is -0.262. The lowest BCUT2D eigenvalue weighted by Crippen LogP contribution is -2.69.